The highest BCUT2D eigenvalue weighted by atomic mass is 35.5. The third-order valence-electron chi connectivity index (χ3n) is 3.77. The van der Waals surface area contributed by atoms with Gasteiger partial charge in [0.1, 0.15) is 12.4 Å². The van der Waals surface area contributed by atoms with Crippen LogP contribution in [0.4, 0.5) is 4.79 Å². The molecule has 1 aliphatic rings. The summed E-state index contributed by atoms with van der Waals surface area (Å²) in [4.78, 5) is 26.1. The third-order valence-corrected chi connectivity index (χ3v) is 4.96. The summed E-state index contributed by atoms with van der Waals surface area (Å²) in [6, 6.07) is 12.2. The lowest BCUT2D eigenvalue weighted by atomic mass is 10.2. The number of hydrogen-bond donors (Lipinski definition) is 1. The van der Waals surface area contributed by atoms with E-state index in [-0.39, 0.29) is 39.8 Å². The fraction of sp³-hybridized carbons (Fsp3) is 0.158. The van der Waals surface area contributed by atoms with Gasteiger partial charge in [-0.05, 0) is 47.7 Å². The van der Waals surface area contributed by atoms with Crippen LogP contribution in [0.15, 0.2) is 47.4 Å². The van der Waals surface area contributed by atoms with Gasteiger partial charge in [-0.2, -0.15) is 0 Å². The van der Waals surface area contributed by atoms with Crippen LogP contribution in [-0.2, 0) is 4.79 Å². The molecule has 140 valence electrons. The molecular weight excluding hydrogens is 390 g/mol. The Labute approximate surface area is 165 Å². The van der Waals surface area contributed by atoms with Crippen LogP contribution in [0.5, 0.6) is 17.2 Å². The van der Waals surface area contributed by atoms with Crippen molar-refractivity contribution >= 4 is 40.6 Å². The van der Waals surface area contributed by atoms with Crippen LogP contribution in [0.2, 0.25) is 5.02 Å². The maximum Gasteiger partial charge on any atom is 0.293 e. The van der Waals surface area contributed by atoms with Gasteiger partial charge in [0.05, 0.1) is 23.6 Å². The molecule has 0 saturated carbocycles. The summed E-state index contributed by atoms with van der Waals surface area (Å²) in [6.07, 6.45) is 1.54. The molecule has 0 bridgehead atoms. The van der Waals surface area contributed by atoms with Crippen molar-refractivity contribution in [3.63, 3.8) is 0 Å². The van der Waals surface area contributed by atoms with Crippen molar-refractivity contribution in [3.05, 3.63) is 58.0 Å². The number of hydrogen-bond acceptors (Lipinski definition) is 6. The Bertz CT molecular complexity index is 900. The fourth-order valence-electron chi connectivity index (χ4n) is 2.45. The van der Waals surface area contributed by atoms with Crippen molar-refractivity contribution in [3.8, 4) is 17.2 Å². The number of benzene rings is 2. The number of rotatable bonds is 6. The minimum Gasteiger partial charge on any atom is -0.503 e. The molecule has 0 radical (unpaired) electrons. The molecule has 1 saturated heterocycles. The lowest BCUT2D eigenvalue weighted by Crippen LogP contribution is -2.32. The Morgan fingerprint density at radius 2 is 1.96 bits per heavy atom. The number of aromatic hydroxyl groups is 1. The van der Waals surface area contributed by atoms with E-state index in [0.29, 0.717) is 11.3 Å². The molecule has 1 fully saturated rings. The molecule has 3 rings (SSSR count). The summed E-state index contributed by atoms with van der Waals surface area (Å²) in [6.45, 7) is 0.352. The number of imide groups is 1. The average Bonchev–Trinajstić information content (AvgIpc) is 2.92. The summed E-state index contributed by atoms with van der Waals surface area (Å²) in [5.74, 6) is 0.280. The van der Waals surface area contributed by atoms with E-state index in [0.717, 1.165) is 16.7 Å². The third kappa shape index (κ3) is 4.37. The first-order valence-electron chi connectivity index (χ1n) is 7.99. The highest BCUT2D eigenvalue weighted by Gasteiger charge is 2.34. The molecule has 2 amide bonds. The Balaban J connectivity index is 1.70. The smallest absolute Gasteiger partial charge is 0.293 e. The van der Waals surface area contributed by atoms with E-state index in [4.69, 9.17) is 21.1 Å². The molecule has 0 spiro atoms. The lowest BCUT2D eigenvalue weighted by molar-refractivity contribution is -0.123. The Kier molecular flexibility index (Phi) is 5.93. The van der Waals surface area contributed by atoms with E-state index in [1.807, 2.05) is 18.2 Å². The second-order valence-corrected chi connectivity index (χ2v) is 6.95. The molecule has 0 unspecified atom stereocenters. The standard InChI is InChI=1S/C19H16ClNO5S/c1-25-15-10-12(9-14(20)17(15)22)11-16-18(23)21(19(24)27-16)7-8-26-13-5-3-2-4-6-13/h2-6,9-11,22H,7-8H2,1H3/b16-11-. The first-order chi connectivity index (χ1) is 13.0. The van der Waals surface area contributed by atoms with Crippen molar-refractivity contribution in [2.75, 3.05) is 20.3 Å². The number of nitrogens with zero attached hydrogens (tertiary/aromatic N) is 1. The van der Waals surface area contributed by atoms with E-state index >= 15 is 0 Å². The van der Waals surface area contributed by atoms with Crippen molar-refractivity contribution in [2.45, 2.75) is 0 Å². The number of carbonyl (C=O) groups is 2. The molecule has 1 N–H and O–H groups in total. The molecule has 0 aromatic heterocycles. The number of carbonyl (C=O) groups excluding carboxylic acids is 2. The zero-order chi connectivity index (χ0) is 19.4. The maximum atomic E-state index is 12.5. The summed E-state index contributed by atoms with van der Waals surface area (Å²) in [7, 11) is 1.40. The number of phenolic OH excluding ortho intramolecular Hbond substituents is 1. The molecule has 6 nitrogen and oxygen atoms in total. The molecule has 2 aromatic carbocycles. The van der Waals surface area contributed by atoms with Crippen molar-refractivity contribution < 1.29 is 24.2 Å². The minimum atomic E-state index is -0.398. The van der Waals surface area contributed by atoms with E-state index in [1.54, 1.807) is 12.1 Å². The SMILES string of the molecule is COc1cc(/C=C2\SC(=O)N(CCOc3ccccc3)C2=O)cc(Cl)c1O. The molecule has 1 aliphatic heterocycles. The number of phenols is 1. The van der Waals surface area contributed by atoms with Gasteiger partial charge in [0.25, 0.3) is 11.1 Å². The highest BCUT2D eigenvalue weighted by Crippen LogP contribution is 2.37. The topological polar surface area (TPSA) is 76.1 Å². The fourth-order valence-corrected chi connectivity index (χ4v) is 3.53. The van der Waals surface area contributed by atoms with Crippen LogP contribution in [0.1, 0.15) is 5.56 Å². The Morgan fingerprint density at radius 3 is 2.67 bits per heavy atom. The average molecular weight is 406 g/mol. The number of methoxy groups -OCH3 is 1. The van der Waals surface area contributed by atoms with Gasteiger partial charge in [0.2, 0.25) is 0 Å². The molecule has 2 aromatic rings. The van der Waals surface area contributed by atoms with Gasteiger partial charge in [-0.3, -0.25) is 14.5 Å². The van der Waals surface area contributed by atoms with E-state index in [1.165, 1.54) is 25.3 Å². The van der Waals surface area contributed by atoms with Crippen LogP contribution < -0.4 is 9.47 Å². The van der Waals surface area contributed by atoms with Gasteiger partial charge in [-0.1, -0.05) is 29.8 Å². The van der Waals surface area contributed by atoms with Crippen molar-refractivity contribution in [1.29, 1.82) is 0 Å². The zero-order valence-electron chi connectivity index (χ0n) is 14.3. The number of amides is 2. The largest absolute Gasteiger partial charge is 0.503 e. The van der Waals surface area contributed by atoms with Gasteiger partial charge in [0, 0.05) is 0 Å². The summed E-state index contributed by atoms with van der Waals surface area (Å²) < 4.78 is 10.6. The molecular formula is C19H16ClNO5S. The van der Waals surface area contributed by atoms with Gasteiger partial charge in [0.15, 0.2) is 11.5 Å². The molecule has 0 aliphatic carbocycles. The number of para-hydroxylation sites is 1. The predicted molar refractivity (Wildman–Crippen MR) is 104 cm³/mol. The van der Waals surface area contributed by atoms with E-state index in [9.17, 15) is 14.7 Å². The van der Waals surface area contributed by atoms with E-state index < -0.39 is 5.91 Å². The highest BCUT2D eigenvalue weighted by molar-refractivity contribution is 8.18. The van der Waals surface area contributed by atoms with Gasteiger partial charge < -0.3 is 14.6 Å². The molecule has 8 heteroatoms. The lowest BCUT2D eigenvalue weighted by Gasteiger charge is -2.13. The van der Waals surface area contributed by atoms with Crippen LogP contribution >= 0.6 is 23.4 Å². The monoisotopic (exact) mass is 405 g/mol. The first kappa shape index (κ1) is 19.1. The normalized spacial score (nSPS) is 15.5. The predicted octanol–water partition coefficient (Wildman–Crippen LogP) is 4.17. The van der Waals surface area contributed by atoms with Gasteiger partial charge in [-0.15, -0.1) is 0 Å². The maximum absolute atomic E-state index is 12.5. The number of ether oxygens (including phenoxy) is 2. The van der Waals surface area contributed by atoms with Gasteiger partial charge in [-0.25, -0.2) is 0 Å². The van der Waals surface area contributed by atoms with E-state index in [2.05, 4.69) is 0 Å². The zero-order valence-corrected chi connectivity index (χ0v) is 15.9. The molecule has 0 atom stereocenters. The molecule has 1 heterocycles. The molecule has 27 heavy (non-hydrogen) atoms. The van der Waals surface area contributed by atoms with Crippen LogP contribution in [0.3, 0.4) is 0 Å². The second-order valence-electron chi connectivity index (χ2n) is 5.55. The Morgan fingerprint density at radius 1 is 1.22 bits per heavy atom. The minimum absolute atomic E-state index is 0.0936. The summed E-state index contributed by atoms with van der Waals surface area (Å²) >= 11 is 6.80. The summed E-state index contributed by atoms with van der Waals surface area (Å²) in [5, 5.41) is 9.52. The summed E-state index contributed by atoms with van der Waals surface area (Å²) in [5.41, 5.74) is 0.542. The Hall–Kier alpha value is -2.64. The van der Waals surface area contributed by atoms with Crippen molar-refractivity contribution in [1.82, 2.24) is 4.90 Å². The van der Waals surface area contributed by atoms with Gasteiger partial charge >= 0.3 is 0 Å². The number of thioether (sulfide) groups is 1. The van der Waals surface area contributed by atoms with Crippen LogP contribution in [0.25, 0.3) is 6.08 Å². The first-order valence-corrected chi connectivity index (χ1v) is 9.18. The quantitative estimate of drug-likeness (QED) is 0.727. The number of halogens is 1. The van der Waals surface area contributed by atoms with Crippen molar-refractivity contribution in [2.24, 2.45) is 0 Å². The second kappa shape index (κ2) is 8.37. The van der Waals surface area contributed by atoms with Crippen LogP contribution in [-0.4, -0.2) is 41.4 Å². The van der Waals surface area contributed by atoms with Crippen LogP contribution in [0, 0.1) is 0 Å².